The minimum Gasteiger partial charge on any atom is -0.301 e. The maximum absolute atomic E-state index is 12.3. The van der Waals surface area contributed by atoms with Crippen LogP contribution in [0, 0.1) is 0 Å². The van der Waals surface area contributed by atoms with Crippen molar-refractivity contribution in [2.24, 2.45) is 0 Å². The molecule has 0 aliphatic carbocycles. The number of H-pyrrole nitrogens is 1. The van der Waals surface area contributed by atoms with Crippen LogP contribution in [-0.2, 0) is 5.75 Å². The Hall–Kier alpha value is -2.06. The number of imide groups is 1. The molecule has 1 aliphatic heterocycles. The summed E-state index contributed by atoms with van der Waals surface area (Å²) in [6.45, 7) is 2.48. The molecule has 6 nitrogen and oxygen atoms in total. The second-order valence-corrected chi connectivity index (χ2v) is 8.29. The van der Waals surface area contributed by atoms with Gasteiger partial charge in [0.05, 0.1) is 16.8 Å². The van der Waals surface area contributed by atoms with Crippen molar-refractivity contribution >= 4 is 35.3 Å². The highest BCUT2D eigenvalue weighted by atomic mass is 32.2. The highest BCUT2D eigenvalue weighted by Gasteiger charge is 2.34. The average molecular weight is 404 g/mol. The molecule has 0 fully saturated rings. The molecule has 2 heterocycles. The van der Waals surface area contributed by atoms with Gasteiger partial charge >= 0.3 is 0 Å². The average Bonchev–Trinajstić information content (AvgIpc) is 2.90. The van der Waals surface area contributed by atoms with Crippen molar-refractivity contribution in [1.29, 1.82) is 0 Å². The molecule has 1 aromatic carbocycles. The predicted molar refractivity (Wildman–Crippen MR) is 108 cm³/mol. The molecule has 0 radical (unpaired) electrons. The molecule has 8 heteroatoms. The zero-order valence-electron chi connectivity index (χ0n) is 15.1. The summed E-state index contributed by atoms with van der Waals surface area (Å²) in [7, 11) is 0. The minimum absolute atomic E-state index is 0.153. The topological polar surface area (TPSA) is 83.1 Å². The van der Waals surface area contributed by atoms with E-state index in [4.69, 9.17) is 0 Å². The number of hydrogen-bond acceptors (Lipinski definition) is 6. The Morgan fingerprint density at radius 3 is 2.44 bits per heavy atom. The van der Waals surface area contributed by atoms with Gasteiger partial charge in [-0.1, -0.05) is 30.8 Å². The predicted octanol–water partition coefficient (Wildman–Crippen LogP) is 3.19. The standard InChI is InChI=1S/C19H21N3O3S2/c1-2-9-26-12-13-11-16(23)21-19(20-13)27-10-5-8-22-17(24)14-6-3-4-7-15(14)18(22)25/h3-4,6-7,11H,2,5,8-10,12H2,1H3,(H,20,21,23). The molecular weight excluding hydrogens is 382 g/mol. The van der Waals surface area contributed by atoms with Crippen molar-refractivity contribution in [3.05, 3.63) is 57.5 Å². The van der Waals surface area contributed by atoms with Crippen LogP contribution in [0.5, 0.6) is 0 Å². The Labute approximate surface area is 166 Å². The zero-order valence-corrected chi connectivity index (χ0v) is 16.7. The maximum Gasteiger partial charge on any atom is 0.261 e. The van der Waals surface area contributed by atoms with Gasteiger partial charge in [-0.15, -0.1) is 0 Å². The Bertz CT molecular complexity index is 863. The maximum atomic E-state index is 12.3. The highest BCUT2D eigenvalue weighted by molar-refractivity contribution is 7.99. The van der Waals surface area contributed by atoms with E-state index in [1.54, 1.807) is 36.0 Å². The van der Waals surface area contributed by atoms with E-state index < -0.39 is 0 Å². The van der Waals surface area contributed by atoms with Gasteiger partial charge in [0, 0.05) is 24.1 Å². The third kappa shape index (κ3) is 4.81. The summed E-state index contributed by atoms with van der Waals surface area (Å²) in [4.78, 5) is 44.9. The first-order valence-electron chi connectivity index (χ1n) is 8.86. The SMILES string of the molecule is CCCSCc1cc(=O)[nH]c(SCCCN2C(=O)c3ccccc3C2=O)n1. The van der Waals surface area contributed by atoms with Crippen molar-refractivity contribution in [2.75, 3.05) is 18.1 Å². The molecule has 2 amide bonds. The van der Waals surface area contributed by atoms with E-state index in [0.717, 1.165) is 23.6 Å². The van der Waals surface area contributed by atoms with Crippen LogP contribution in [0.15, 0.2) is 40.3 Å². The fourth-order valence-electron chi connectivity index (χ4n) is 2.78. The lowest BCUT2D eigenvalue weighted by Gasteiger charge is -2.13. The van der Waals surface area contributed by atoms with E-state index in [-0.39, 0.29) is 17.4 Å². The minimum atomic E-state index is -0.234. The van der Waals surface area contributed by atoms with Gasteiger partial charge in [-0.05, 0) is 30.7 Å². The fraction of sp³-hybridized carbons (Fsp3) is 0.368. The monoisotopic (exact) mass is 403 g/mol. The molecule has 142 valence electrons. The Kier molecular flexibility index (Phi) is 6.73. The molecule has 27 heavy (non-hydrogen) atoms. The molecule has 1 aromatic heterocycles. The number of aromatic nitrogens is 2. The number of rotatable bonds is 9. The fourth-order valence-corrected chi connectivity index (χ4v) is 4.39. The number of nitrogens with one attached hydrogen (secondary N) is 1. The van der Waals surface area contributed by atoms with E-state index in [1.807, 2.05) is 0 Å². The third-order valence-electron chi connectivity index (χ3n) is 4.01. The molecule has 0 atom stereocenters. The summed E-state index contributed by atoms with van der Waals surface area (Å²) < 4.78 is 0. The van der Waals surface area contributed by atoms with Gasteiger partial charge in [0.15, 0.2) is 5.16 Å². The van der Waals surface area contributed by atoms with Crippen LogP contribution in [0.25, 0.3) is 0 Å². The van der Waals surface area contributed by atoms with Crippen LogP contribution in [0.1, 0.15) is 46.2 Å². The first kappa shape index (κ1) is 19.7. The molecule has 3 rings (SSSR count). The summed E-state index contributed by atoms with van der Waals surface area (Å²) in [5.41, 5.74) is 1.57. The van der Waals surface area contributed by atoms with Gasteiger partial charge < -0.3 is 4.98 Å². The van der Waals surface area contributed by atoms with E-state index >= 15 is 0 Å². The smallest absolute Gasteiger partial charge is 0.261 e. The van der Waals surface area contributed by atoms with E-state index in [1.165, 1.54) is 22.7 Å². The van der Waals surface area contributed by atoms with Crippen molar-refractivity contribution in [1.82, 2.24) is 14.9 Å². The first-order valence-corrected chi connectivity index (χ1v) is 11.0. The lowest BCUT2D eigenvalue weighted by atomic mass is 10.1. The quantitative estimate of drug-likeness (QED) is 0.300. The number of thioether (sulfide) groups is 2. The molecule has 1 aliphatic rings. The summed E-state index contributed by atoms with van der Waals surface area (Å²) in [6.07, 6.45) is 1.72. The van der Waals surface area contributed by atoms with E-state index in [2.05, 4.69) is 16.9 Å². The third-order valence-corrected chi connectivity index (χ3v) is 6.17. The second-order valence-electron chi connectivity index (χ2n) is 6.10. The number of nitrogens with zero attached hydrogens (tertiary/aromatic N) is 2. The summed E-state index contributed by atoms with van der Waals surface area (Å²) in [5, 5.41) is 0.581. The lowest BCUT2D eigenvalue weighted by molar-refractivity contribution is 0.0655. The van der Waals surface area contributed by atoms with Crippen LogP contribution >= 0.6 is 23.5 Å². The molecule has 0 saturated heterocycles. The van der Waals surface area contributed by atoms with E-state index in [9.17, 15) is 14.4 Å². The zero-order chi connectivity index (χ0) is 19.2. The van der Waals surface area contributed by atoms with Crippen LogP contribution in [0.2, 0.25) is 0 Å². The highest BCUT2D eigenvalue weighted by Crippen LogP contribution is 2.23. The Balaban J connectivity index is 1.52. The number of carbonyl (C=O) groups excluding carboxylic acids is 2. The van der Waals surface area contributed by atoms with Crippen molar-refractivity contribution in [2.45, 2.75) is 30.7 Å². The molecule has 1 N–H and O–H groups in total. The van der Waals surface area contributed by atoms with Crippen LogP contribution in [0.4, 0.5) is 0 Å². The number of carbonyl (C=O) groups is 2. The normalized spacial score (nSPS) is 13.3. The molecular formula is C19H21N3O3S2. The molecule has 0 bridgehead atoms. The lowest BCUT2D eigenvalue weighted by Crippen LogP contribution is -2.31. The van der Waals surface area contributed by atoms with Gasteiger partial charge in [0.2, 0.25) is 0 Å². The van der Waals surface area contributed by atoms with E-state index in [0.29, 0.717) is 35.0 Å². The Morgan fingerprint density at radius 2 is 1.78 bits per heavy atom. The summed E-state index contributed by atoms with van der Waals surface area (Å²) >= 11 is 3.19. The summed E-state index contributed by atoms with van der Waals surface area (Å²) in [6, 6.07) is 8.42. The second kappa shape index (κ2) is 9.23. The van der Waals surface area contributed by atoms with Crippen LogP contribution < -0.4 is 5.56 Å². The largest absolute Gasteiger partial charge is 0.301 e. The van der Waals surface area contributed by atoms with Gasteiger partial charge in [0.1, 0.15) is 0 Å². The first-order chi connectivity index (χ1) is 13.1. The van der Waals surface area contributed by atoms with Crippen molar-refractivity contribution in [3.8, 4) is 0 Å². The van der Waals surface area contributed by atoms with Crippen molar-refractivity contribution in [3.63, 3.8) is 0 Å². The van der Waals surface area contributed by atoms with Gasteiger partial charge in [0.25, 0.3) is 17.4 Å². The van der Waals surface area contributed by atoms with Gasteiger partial charge in [-0.2, -0.15) is 11.8 Å². The van der Waals surface area contributed by atoms with Gasteiger partial charge in [-0.25, -0.2) is 4.98 Å². The Morgan fingerprint density at radius 1 is 1.07 bits per heavy atom. The number of aromatic amines is 1. The molecule has 2 aromatic rings. The van der Waals surface area contributed by atoms with Gasteiger partial charge in [-0.3, -0.25) is 19.3 Å². The van der Waals surface area contributed by atoms with Crippen LogP contribution in [0.3, 0.4) is 0 Å². The number of amides is 2. The number of hydrogen-bond donors (Lipinski definition) is 1. The summed E-state index contributed by atoms with van der Waals surface area (Å²) in [5.74, 6) is 1.95. The van der Waals surface area contributed by atoms with Crippen molar-refractivity contribution < 1.29 is 9.59 Å². The molecule has 0 unspecified atom stereocenters. The molecule has 0 saturated carbocycles. The molecule has 0 spiro atoms. The number of benzene rings is 1. The number of fused-ring (bicyclic) bond motifs is 1. The van der Waals surface area contributed by atoms with Crippen LogP contribution in [-0.4, -0.2) is 44.7 Å².